The van der Waals surface area contributed by atoms with Crippen LogP contribution in [0.3, 0.4) is 0 Å². The van der Waals surface area contributed by atoms with Crippen LogP contribution in [0.2, 0.25) is 0 Å². The fraction of sp³-hybridized carbons (Fsp3) is 0.706. The van der Waals surface area contributed by atoms with Crippen molar-refractivity contribution in [2.75, 3.05) is 6.54 Å². The van der Waals surface area contributed by atoms with Gasteiger partial charge in [0.15, 0.2) is 0 Å². The summed E-state index contributed by atoms with van der Waals surface area (Å²) in [7, 11) is 2.05. The number of carbonyl (C=O) groups excluding carboxylic acids is 1. The molecule has 2 heterocycles. The Morgan fingerprint density at radius 2 is 2.05 bits per heavy atom. The van der Waals surface area contributed by atoms with E-state index in [1.807, 2.05) is 45.0 Å². The molecule has 0 aromatic carbocycles. The lowest BCUT2D eigenvalue weighted by molar-refractivity contribution is -0.137. The maximum atomic E-state index is 12.9. The molecule has 0 aliphatic carbocycles. The molecule has 2 atom stereocenters. The van der Waals surface area contributed by atoms with E-state index < -0.39 is 6.04 Å². The second kappa shape index (κ2) is 6.22. The summed E-state index contributed by atoms with van der Waals surface area (Å²) in [6.07, 6.45) is 6.51. The smallest absolute Gasteiger partial charge is 0.240 e. The molecule has 0 saturated carbocycles. The van der Waals surface area contributed by atoms with Crippen LogP contribution in [-0.4, -0.2) is 28.0 Å². The van der Waals surface area contributed by atoms with Crippen molar-refractivity contribution in [3.8, 4) is 0 Å². The molecule has 1 aliphatic rings. The highest BCUT2D eigenvalue weighted by atomic mass is 16.2. The van der Waals surface area contributed by atoms with Crippen molar-refractivity contribution in [2.24, 2.45) is 18.2 Å². The summed E-state index contributed by atoms with van der Waals surface area (Å²) in [6, 6.07) is 3.89. The molecular formula is C17H29N3O. The molecule has 0 radical (unpaired) electrons. The Balaban J connectivity index is 2.28. The van der Waals surface area contributed by atoms with Crippen molar-refractivity contribution in [1.82, 2.24) is 9.47 Å². The topological polar surface area (TPSA) is 51.3 Å². The molecule has 4 nitrogen and oxygen atoms in total. The van der Waals surface area contributed by atoms with Crippen LogP contribution in [0.4, 0.5) is 0 Å². The van der Waals surface area contributed by atoms with Crippen LogP contribution >= 0.6 is 0 Å². The van der Waals surface area contributed by atoms with Crippen molar-refractivity contribution >= 4 is 5.91 Å². The molecule has 118 valence electrons. The average molecular weight is 291 g/mol. The first kappa shape index (κ1) is 16.1. The second-order valence-corrected chi connectivity index (χ2v) is 7.28. The average Bonchev–Trinajstić information content (AvgIpc) is 2.70. The van der Waals surface area contributed by atoms with Crippen molar-refractivity contribution in [3.05, 3.63) is 24.0 Å². The van der Waals surface area contributed by atoms with Gasteiger partial charge in [-0.1, -0.05) is 33.6 Å². The van der Waals surface area contributed by atoms with Crippen molar-refractivity contribution in [2.45, 2.75) is 58.5 Å². The molecular weight excluding hydrogens is 262 g/mol. The molecule has 1 aromatic rings. The Kier molecular flexibility index (Phi) is 4.77. The third kappa shape index (κ3) is 3.49. The number of amides is 1. The van der Waals surface area contributed by atoms with Gasteiger partial charge < -0.3 is 15.2 Å². The number of nitrogens with two attached hydrogens (primary N) is 1. The van der Waals surface area contributed by atoms with Gasteiger partial charge in [-0.05, 0) is 30.4 Å². The zero-order chi connectivity index (χ0) is 15.6. The zero-order valence-corrected chi connectivity index (χ0v) is 13.8. The van der Waals surface area contributed by atoms with E-state index in [0.717, 1.165) is 19.4 Å². The van der Waals surface area contributed by atoms with Crippen molar-refractivity contribution in [1.29, 1.82) is 0 Å². The maximum absolute atomic E-state index is 12.9. The van der Waals surface area contributed by atoms with Gasteiger partial charge in [-0.2, -0.15) is 0 Å². The summed E-state index contributed by atoms with van der Waals surface area (Å²) < 4.78 is 2.12. The van der Waals surface area contributed by atoms with Crippen LogP contribution in [-0.2, 0) is 11.8 Å². The number of rotatable bonds is 2. The van der Waals surface area contributed by atoms with Gasteiger partial charge in [0.05, 0.1) is 12.1 Å². The van der Waals surface area contributed by atoms with E-state index in [-0.39, 0.29) is 17.4 Å². The fourth-order valence-electron chi connectivity index (χ4n) is 3.05. The fourth-order valence-corrected chi connectivity index (χ4v) is 3.05. The molecule has 1 amide bonds. The van der Waals surface area contributed by atoms with Crippen LogP contribution in [0.25, 0.3) is 0 Å². The van der Waals surface area contributed by atoms with Gasteiger partial charge in [0.1, 0.15) is 0 Å². The number of aromatic nitrogens is 1. The largest absolute Gasteiger partial charge is 0.353 e. The first-order valence-electron chi connectivity index (χ1n) is 7.99. The second-order valence-electron chi connectivity index (χ2n) is 7.28. The minimum atomic E-state index is -0.446. The highest BCUT2D eigenvalue weighted by Crippen LogP contribution is 2.32. The predicted octanol–water partition coefficient (Wildman–Crippen LogP) is 2.84. The highest BCUT2D eigenvalue weighted by Gasteiger charge is 2.35. The summed E-state index contributed by atoms with van der Waals surface area (Å²) in [6.45, 7) is 6.92. The molecule has 4 heteroatoms. The standard InChI is InChI=1S/C17H29N3O/c1-17(2,3)15(18)16(21)20-12-7-5-6-9-14(20)13-10-8-11-19(13)4/h8,10-11,14-15H,5-7,9,12,18H2,1-4H3/t14?,15-/m0/s1. The van der Waals surface area contributed by atoms with E-state index in [2.05, 4.69) is 10.6 Å². The molecule has 0 bridgehead atoms. The molecule has 2 rings (SSSR count). The van der Waals surface area contributed by atoms with Gasteiger partial charge in [-0.3, -0.25) is 4.79 Å². The first-order chi connectivity index (χ1) is 9.82. The Morgan fingerprint density at radius 3 is 2.62 bits per heavy atom. The van der Waals surface area contributed by atoms with Gasteiger partial charge in [0.2, 0.25) is 5.91 Å². The number of hydrogen-bond donors (Lipinski definition) is 1. The van der Waals surface area contributed by atoms with Crippen LogP contribution in [0.5, 0.6) is 0 Å². The molecule has 1 aliphatic heterocycles. The van der Waals surface area contributed by atoms with Gasteiger partial charge in [0.25, 0.3) is 0 Å². The Labute approximate surface area is 128 Å². The lowest BCUT2D eigenvalue weighted by Crippen LogP contribution is -2.51. The van der Waals surface area contributed by atoms with Crippen molar-refractivity contribution < 1.29 is 4.79 Å². The maximum Gasteiger partial charge on any atom is 0.240 e. The van der Waals surface area contributed by atoms with Crippen LogP contribution in [0, 0.1) is 5.41 Å². The lowest BCUT2D eigenvalue weighted by atomic mass is 9.86. The third-order valence-corrected chi connectivity index (χ3v) is 4.56. The molecule has 21 heavy (non-hydrogen) atoms. The summed E-state index contributed by atoms with van der Waals surface area (Å²) in [5.74, 6) is 0.0931. The SMILES string of the molecule is Cn1cccc1C1CCCCCN1C(=O)[C@H](N)C(C)(C)C. The number of carbonyl (C=O) groups is 1. The molecule has 1 aromatic heterocycles. The predicted molar refractivity (Wildman–Crippen MR) is 85.8 cm³/mol. The number of likely N-dealkylation sites (tertiary alicyclic amines) is 1. The van der Waals surface area contributed by atoms with Crippen molar-refractivity contribution in [3.63, 3.8) is 0 Å². The van der Waals surface area contributed by atoms with Gasteiger partial charge in [-0.15, -0.1) is 0 Å². The minimum absolute atomic E-state index is 0.0931. The summed E-state index contributed by atoms with van der Waals surface area (Å²) >= 11 is 0. The monoisotopic (exact) mass is 291 g/mol. The van der Waals surface area contributed by atoms with Gasteiger partial charge in [0, 0.05) is 25.5 Å². The van der Waals surface area contributed by atoms with E-state index >= 15 is 0 Å². The van der Waals surface area contributed by atoms with Crippen LogP contribution < -0.4 is 5.73 Å². The normalized spacial score (nSPS) is 22.0. The molecule has 1 fully saturated rings. The molecule has 2 N–H and O–H groups in total. The number of hydrogen-bond acceptors (Lipinski definition) is 2. The van der Waals surface area contributed by atoms with Gasteiger partial charge >= 0.3 is 0 Å². The Bertz CT molecular complexity index is 486. The first-order valence-corrected chi connectivity index (χ1v) is 7.99. The van der Waals surface area contributed by atoms with E-state index in [0.29, 0.717) is 0 Å². The zero-order valence-electron chi connectivity index (χ0n) is 13.8. The van der Waals surface area contributed by atoms with E-state index in [9.17, 15) is 4.79 Å². The quantitative estimate of drug-likeness (QED) is 0.911. The summed E-state index contributed by atoms with van der Waals surface area (Å²) in [5, 5.41) is 0. The van der Waals surface area contributed by atoms with Crippen LogP contribution in [0.15, 0.2) is 18.3 Å². The molecule has 1 saturated heterocycles. The van der Waals surface area contributed by atoms with Gasteiger partial charge in [-0.25, -0.2) is 0 Å². The Hall–Kier alpha value is -1.29. The van der Waals surface area contributed by atoms with E-state index in [1.165, 1.54) is 18.5 Å². The third-order valence-electron chi connectivity index (χ3n) is 4.56. The molecule has 0 spiro atoms. The van der Waals surface area contributed by atoms with Crippen LogP contribution in [0.1, 0.15) is 58.2 Å². The summed E-state index contributed by atoms with van der Waals surface area (Å²) in [4.78, 5) is 14.9. The minimum Gasteiger partial charge on any atom is -0.353 e. The van der Waals surface area contributed by atoms with E-state index in [4.69, 9.17) is 5.73 Å². The summed E-state index contributed by atoms with van der Waals surface area (Å²) in [5.41, 5.74) is 7.24. The van der Waals surface area contributed by atoms with E-state index in [1.54, 1.807) is 0 Å². The molecule has 1 unspecified atom stereocenters. The highest BCUT2D eigenvalue weighted by molar-refractivity contribution is 5.83. The number of aryl methyl sites for hydroxylation is 1. The lowest BCUT2D eigenvalue weighted by Gasteiger charge is -2.36. The Morgan fingerprint density at radius 1 is 1.33 bits per heavy atom. The number of nitrogens with zero attached hydrogens (tertiary/aromatic N) is 2.